The minimum absolute atomic E-state index is 0.498. The van der Waals surface area contributed by atoms with Gasteiger partial charge in [0.1, 0.15) is 0 Å². The van der Waals surface area contributed by atoms with E-state index in [4.69, 9.17) is 25.8 Å². The van der Waals surface area contributed by atoms with E-state index in [2.05, 4.69) is 15.2 Å². The molecule has 1 aromatic heterocycles. The first-order chi connectivity index (χ1) is 11.7. The van der Waals surface area contributed by atoms with E-state index in [1.165, 1.54) is 0 Å². The predicted molar refractivity (Wildman–Crippen MR) is 91.9 cm³/mol. The van der Waals surface area contributed by atoms with E-state index in [9.17, 15) is 0 Å². The monoisotopic (exact) mass is 345 g/mol. The van der Waals surface area contributed by atoms with Crippen molar-refractivity contribution in [2.45, 2.75) is 0 Å². The molecule has 124 valence electrons. The van der Waals surface area contributed by atoms with Crippen LogP contribution in [0.3, 0.4) is 0 Å². The molecule has 1 heterocycles. The maximum absolute atomic E-state index is 6.02. The van der Waals surface area contributed by atoms with Crippen molar-refractivity contribution >= 4 is 11.6 Å². The predicted octanol–water partition coefficient (Wildman–Crippen LogP) is 3.82. The van der Waals surface area contributed by atoms with E-state index in [0.717, 1.165) is 11.1 Å². The minimum atomic E-state index is 0.498. The van der Waals surface area contributed by atoms with Crippen molar-refractivity contribution in [1.29, 1.82) is 0 Å². The molecule has 6 nitrogen and oxygen atoms in total. The summed E-state index contributed by atoms with van der Waals surface area (Å²) in [6, 6.07) is 11.0. The standard InChI is InChI=1S/C17H16ClN3O3/c1-22-13-8-7-12(14(23-2)15(13)24-3)17-19-16(20-21-17)10-5-4-6-11(18)9-10/h4-9H,1-3H3,(H,19,20,21). The van der Waals surface area contributed by atoms with Crippen LogP contribution >= 0.6 is 11.6 Å². The lowest BCUT2D eigenvalue weighted by Crippen LogP contribution is -1.97. The molecule has 0 aliphatic heterocycles. The average molecular weight is 346 g/mol. The molecular formula is C17H16ClN3O3. The zero-order valence-corrected chi connectivity index (χ0v) is 14.2. The van der Waals surface area contributed by atoms with Gasteiger partial charge in [-0.3, -0.25) is 5.10 Å². The number of H-pyrrole nitrogens is 1. The van der Waals surface area contributed by atoms with Crippen LogP contribution in [0.15, 0.2) is 36.4 Å². The molecule has 0 saturated carbocycles. The van der Waals surface area contributed by atoms with Gasteiger partial charge in [-0.15, -0.1) is 0 Å². The highest BCUT2D eigenvalue weighted by Gasteiger charge is 2.19. The maximum atomic E-state index is 6.02. The molecule has 0 fully saturated rings. The Labute approximate surface area is 144 Å². The van der Waals surface area contributed by atoms with Crippen molar-refractivity contribution in [2.75, 3.05) is 21.3 Å². The van der Waals surface area contributed by atoms with Crippen LogP contribution < -0.4 is 14.2 Å². The highest BCUT2D eigenvalue weighted by molar-refractivity contribution is 6.30. The number of aromatic nitrogens is 3. The first-order valence-corrected chi connectivity index (χ1v) is 7.53. The summed E-state index contributed by atoms with van der Waals surface area (Å²) in [5.74, 6) is 2.70. The van der Waals surface area contributed by atoms with E-state index in [1.54, 1.807) is 39.5 Å². The molecule has 1 N–H and O–H groups in total. The molecule has 0 atom stereocenters. The molecule has 3 aromatic rings. The topological polar surface area (TPSA) is 69.3 Å². The van der Waals surface area contributed by atoms with E-state index < -0.39 is 0 Å². The second-order valence-corrected chi connectivity index (χ2v) is 5.34. The number of hydrogen-bond donors (Lipinski definition) is 1. The third-order valence-electron chi connectivity index (χ3n) is 3.53. The van der Waals surface area contributed by atoms with Crippen LogP contribution in [0.25, 0.3) is 22.8 Å². The molecule has 0 saturated heterocycles. The molecule has 0 aliphatic carbocycles. The molecule has 0 radical (unpaired) electrons. The van der Waals surface area contributed by atoms with Gasteiger partial charge < -0.3 is 14.2 Å². The summed E-state index contributed by atoms with van der Waals surface area (Å²) in [5.41, 5.74) is 1.54. The van der Waals surface area contributed by atoms with Crippen LogP contribution in [0.2, 0.25) is 5.02 Å². The van der Waals surface area contributed by atoms with Gasteiger partial charge in [0.25, 0.3) is 0 Å². The maximum Gasteiger partial charge on any atom is 0.204 e. The van der Waals surface area contributed by atoms with Gasteiger partial charge in [-0.1, -0.05) is 23.7 Å². The Morgan fingerprint density at radius 1 is 0.958 bits per heavy atom. The smallest absolute Gasteiger partial charge is 0.204 e. The normalized spacial score (nSPS) is 10.5. The molecule has 2 aromatic carbocycles. The van der Waals surface area contributed by atoms with Crippen LogP contribution in [0.4, 0.5) is 0 Å². The summed E-state index contributed by atoms with van der Waals surface area (Å²) in [6.45, 7) is 0. The van der Waals surface area contributed by atoms with Gasteiger partial charge in [0, 0.05) is 10.6 Å². The van der Waals surface area contributed by atoms with Gasteiger partial charge in [-0.2, -0.15) is 5.10 Å². The molecule has 3 rings (SSSR count). The molecule has 7 heteroatoms. The van der Waals surface area contributed by atoms with Crippen molar-refractivity contribution in [3.8, 4) is 40.0 Å². The highest BCUT2D eigenvalue weighted by Crippen LogP contribution is 2.43. The van der Waals surface area contributed by atoms with Crippen molar-refractivity contribution in [2.24, 2.45) is 0 Å². The number of nitrogens with zero attached hydrogens (tertiary/aromatic N) is 2. The minimum Gasteiger partial charge on any atom is -0.493 e. The van der Waals surface area contributed by atoms with Crippen LogP contribution in [0.5, 0.6) is 17.2 Å². The molecular weight excluding hydrogens is 330 g/mol. The van der Waals surface area contributed by atoms with Crippen LogP contribution in [0.1, 0.15) is 0 Å². The largest absolute Gasteiger partial charge is 0.493 e. The summed E-state index contributed by atoms with van der Waals surface area (Å²) in [5, 5.41) is 7.81. The number of nitrogens with one attached hydrogen (secondary N) is 1. The SMILES string of the molecule is COc1ccc(-c2nc(-c3cccc(Cl)c3)n[nH]2)c(OC)c1OC. The third kappa shape index (κ3) is 2.88. The molecule has 0 aliphatic rings. The second kappa shape index (κ2) is 6.80. The van der Waals surface area contributed by atoms with Crippen molar-refractivity contribution < 1.29 is 14.2 Å². The Morgan fingerprint density at radius 3 is 2.42 bits per heavy atom. The first kappa shape index (κ1) is 16.1. The van der Waals surface area contributed by atoms with E-state index in [-0.39, 0.29) is 0 Å². The van der Waals surface area contributed by atoms with Gasteiger partial charge in [-0.25, -0.2) is 4.98 Å². The van der Waals surface area contributed by atoms with Crippen LogP contribution in [-0.2, 0) is 0 Å². The summed E-state index contributed by atoms with van der Waals surface area (Å²) >= 11 is 6.02. The van der Waals surface area contributed by atoms with E-state index in [0.29, 0.717) is 33.9 Å². The van der Waals surface area contributed by atoms with Crippen molar-refractivity contribution in [3.05, 3.63) is 41.4 Å². The first-order valence-electron chi connectivity index (χ1n) is 7.15. The second-order valence-electron chi connectivity index (χ2n) is 4.90. The summed E-state index contributed by atoms with van der Waals surface area (Å²) in [4.78, 5) is 4.53. The number of aromatic amines is 1. The van der Waals surface area contributed by atoms with E-state index >= 15 is 0 Å². The Kier molecular flexibility index (Phi) is 4.57. The molecule has 0 bridgehead atoms. The zero-order chi connectivity index (χ0) is 17.1. The average Bonchev–Trinajstić information content (AvgIpc) is 3.10. The van der Waals surface area contributed by atoms with E-state index in [1.807, 2.05) is 18.2 Å². The fraction of sp³-hybridized carbons (Fsp3) is 0.176. The van der Waals surface area contributed by atoms with Gasteiger partial charge >= 0.3 is 0 Å². The molecule has 0 spiro atoms. The Morgan fingerprint density at radius 2 is 1.75 bits per heavy atom. The number of halogens is 1. The van der Waals surface area contributed by atoms with Crippen LogP contribution in [-0.4, -0.2) is 36.5 Å². The number of benzene rings is 2. The van der Waals surface area contributed by atoms with Gasteiger partial charge in [0.15, 0.2) is 23.1 Å². The fourth-order valence-electron chi connectivity index (χ4n) is 2.43. The van der Waals surface area contributed by atoms with Crippen LogP contribution in [0, 0.1) is 0 Å². The number of hydrogen-bond acceptors (Lipinski definition) is 5. The lowest BCUT2D eigenvalue weighted by Gasteiger charge is -2.14. The van der Waals surface area contributed by atoms with Gasteiger partial charge in [0.2, 0.25) is 5.75 Å². The van der Waals surface area contributed by atoms with Gasteiger partial charge in [0.05, 0.1) is 26.9 Å². The van der Waals surface area contributed by atoms with Crippen molar-refractivity contribution in [1.82, 2.24) is 15.2 Å². The Balaban J connectivity index is 2.07. The fourth-order valence-corrected chi connectivity index (χ4v) is 2.62. The number of rotatable bonds is 5. The number of ether oxygens (including phenoxy) is 3. The molecule has 24 heavy (non-hydrogen) atoms. The van der Waals surface area contributed by atoms with Crippen molar-refractivity contribution in [3.63, 3.8) is 0 Å². The highest BCUT2D eigenvalue weighted by atomic mass is 35.5. The lowest BCUT2D eigenvalue weighted by molar-refractivity contribution is 0.325. The Bertz CT molecular complexity index is 864. The summed E-state index contributed by atoms with van der Waals surface area (Å²) in [6.07, 6.45) is 0. The molecule has 0 unspecified atom stereocenters. The zero-order valence-electron chi connectivity index (χ0n) is 13.5. The Hall–Kier alpha value is -2.73. The quantitative estimate of drug-likeness (QED) is 0.761. The third-order valence-corrected chi connectivity index (χ3v) is 3.76. The summed E-state index contributed by atoms with van der Waals surface area (Å²) in [7, 11) is 4.69. The lowest BCUT2D eigenvalue weighted by atomic mass is 10.1. The van der Waals surface area contributed by atoms with Gasteiger partial charge in [-0.05, 0) is 24.3 Å². The summed E-state index contributed by atoms with van der Waals surface area (Å²) < 4.78 is 16.2. The number of methoxy groups -OCH3 is 3. The molecule has 0 amide bonds.